The highest BCUT2D eigenvalue weighted by Gasteiger charge is 2.45. The van der Waals surface area contributed by atoms with Crippen LogP contribution in [0.4, 0.5) is 8.78 Å². The van der Waals surface area contributed by atoms with Crippen molar-refractivity contribution in [3.8, 4) is 0 Å². The van der Waals surface area contributed by atoms with Crippen LogP contribution in [-0.4, -0.2) is 29.1 Å². The van der Waals surface area contributed by atoms with Crippen LogP contribution < -0.4 is 0 Å². The largest absolute Gasteiger partial charge is 0.343 e. The van der Waals surface area contributed by atoms with Gasteiger partial charge in [0.25, 0.3) is 0 Å². The SMILES string of the molecule is CN(C)C1(Cn2ccc3ccc(F)c(F)c32)CC1. The summed E-state index contributed by atoms with van der Waals surface area (Å²) < 4.78 is 29.0. The summed E-state index contributed by atoms with van der Waals surface area (Å²) in [5.74, 6) is -1.52. The predicted molar refractivity (Wildman–Crippen MR) is 67.5 cm³/mol. The Morgan fingerprint density at radius 2 is 1.94 bits per heavy atom. The summed E-state index contributed by atoms with van der Waals surface area (Å²) in [5.41, 5.74) is 0.494. The normalized spacial score (nSPS) is 17.6. The molecule has 0 atom stereocenters. The number of hydrogen-bond acceptors (Lipinski definition) is 1. The summed E-state index contributed by atoms with van der Waals surface area (Å²) in [4.78, 5) is 2.18. The average molecular weight is 250 g/mol. The van der Waals surface area contributed by atoms with Crippen molar-refractivity contribution in [3.05, 3.63) is 36.0 Å². The van der Waals surface area contributed by atoms with Gasteiger partial charge in [-0.25, -0.2) is 8.78 Å². The monoisotopic (exact) mass is 250 g/mol. The average Bonchev–Trinajstić information content (AvgIpc) is 3.00. The molecule has 1 fully saturated rings. The van der Waals surface area contributed by atoms with Gasteiger partial charge in [0, 0.05) is 23.7 Å². The summed E-state index contributed by atoms with van der Waals surface area (Å²) in [6, 6.07) is 4.64. The van der Waals surface area contributed by atoms with Crippen LogP contribution in [0, 0.1) is 11.6 Å². The Hall–Kier alpha value is -1.42. The third-order valence-electron chi connectivity index (χ3n) is 4.06. The van der Waals surface area contributed by atoms with Crippen LogP contribution in [-0.2, 0) is 6.54 Å². The van der Waals surface area contributed by atoms with Gasteiger partial charge in [-0.15, -0.1) is 0 Å². The maximum Gasteiger partial charge on any atom is 0.183 e. The first kappa shape index (κ1) is 11.7. The highest BCUT2D eigenvalue weighted by molar-refractivity contribution is 5.80. The molecule has 1 heterocycles. The first-order chi connectivity index (χ1) is 8.53. The fraction of sp³-hybridized carbons (Fsp3) is 0.429. The van der Waals surface area contributed by atoms with Crippen molar-refractivity contribution >= 4 is 10.9 Å². The zero-order valence-electron chi connectivity index (χ0n) is 10.6. The third kappa shape index (κ3) is 1.63. The molecule has 3 rings (SSSR count). The van der Waals surface area contributed by atoms with Gasteiger partial charge in [0.2, 0.25) is 0 Å². The van der Waals surface area contributed by atoms with E-state index in [4.69, 9.17) is 0 Å². The van der Waals surface area contributed by atoms with E-state index in [2.05, 4.69) is 4.90 Å². The van der Waals surface area contributed by atoms with E-state index < -0.39 is 11.6 Å². The Kier molecular flexibility index (Phi) is 2.45. The van der Waals surface area contributed by atoms with Crippen LogP contribution in [0.3, 0.4) is 0 Å². The van der Waals surface area contributed by atoms with Crippen molar-refractivity contribution in [1.29, 1.82) is 0 Å². The Morgan fingerprint density at radius 1 is 1.22 bits per heavy atom. The zero-order valence-corrected chi connectivity index (χ0v) is 10.6. The molecule has 0 saturated heterocycles. The first-order valence-electron chi connectivity index (χ1n) is 6.14. The van der Waals surface area contributed by atoms with E-state index in [9.17, 15) is 8.78 Å². The fourth-order valence-corrected chi connectivity index (χ4v) is 2.57. The van der Waals surface area contributed by atoms with Crippen molar-refractivity contribution < 1.29 is 8.78 Å². The Bertz CT molecular complexity index is 597. The van der Waals surface area contributed by atoms with Gasteiger partial charge in [-0.3, -0.25) is 0 Å². The van der Waals surface area contributed by atoms with E-state index >= 15 is 0 Å². The minimum atomic E-state index is -0.780. The molecular weight excluding hydrogens is 234 g/mol. The quantitative estimate of drug-likeness (QED) is 0.813. The highest BCUT2D eigenvalue weighted by Crippen LogP contribution is 2.42. The fourth-order valence-electron chi connectivity index (χ4n) is 2.57. The minimum Gasteiger partial charge on any atom is -0.343 e. The van der Waals surface area contributed by atoms with Gasteiger partial charge < -0.3 is 9.47 Å². The third-order valence-corrected chi connectivity index (χ3v) is 4.06. The van der Waals surface area contributed by atoms with Crippen LogP contribution in [0.1, 0.15) is 12.8 Å². The molecule has 0 spiro atoms. The molecule has 0 radical (unpaired) electrons. The summed E-state index contributed by atoms with van der Waals surface area (Å²) in [6.07, 6.45) is 4.06. The van der Waals surface area contributed by atoms with E-state index in [0.29, 0.717) is 12.1 Å². The summed E-state index contributed by atoms with van der Waals surface area (Å²) in [7, 11) is 4.07. The van der Waals surface area contributed by atoms with Crippen molar-refractivity contribution in [1.82, 2.24) is 9.47 Å². The molecule has 1 aliphatic carbocycles. The molecule has 18 heavy (non-hydrogen) atoms. The lowest BCUT2D eigenvalue weighted by atomic mass is 10.2. The maximum absolute atomic E-state index is 13.9. The van der Waals surface area contributed by atoms with Crippen LogP contribution in [0.5, 0.6) is 0 Å². The van der Waals surface area contributed by atoms with Crippen molar-refractivity contribution in [2.45, 2.75) is 24.9 Å². The molecule has 96 valence electrons. The Morgan fingerprint density at radius 3 is 2.56 bits per heavy atom. The number of nitrogens with zero attached hydrogens (tertiary/aromatic N) is 2. The number of likely N-dealkylation sites (N-methyl/N-ethyl adjacent to an activating group) is 1. The van der Waals surface area contributed by atoms with Gasteiger partial charge in [0.15, 0.2) is 11.6 Å². The van der Waals surface area contributed by atoms with Gasteiger partial charge in [0.1, 0.15) is 0 Å². The Balaban J connectivity index is 2.05. The molecule has 1 saturated carbocycles. The second kappa shape index (κ2) is 3.79. The molecule has 1 aromatic carbocycles. The smallest absolute Gasteiger partial charge is 0.183 e. The topological polar surface area (TPSA) is 8.17 Å². The molecule has 2 aromatic rings. The van der Waals surface area contributed by atoms with Crippen LogP contribution in [0.2, 0.25) is 0 Å². The molecule has 0 N–H and O–H groups in total. The predicted octanol–water partition coefficient (Wildman–Crippen LogP) is 3.01. The summed E-state index contributed by atoms with van der Waals surface area (Å²) in [5, 5.41) is 0.753. The number of benzene rings is 1. The molecule has 0 bridgehead atoms. The minimum absolute atomic E-state index is 0.116. The molecule has 0 amide bonds. The van der Waals surface area contributed by atoms with E-state index in [1.54, 1.807) is 6.07 Å². The van der Waals surface area contributed by atoms with Crippen molar-refractivity contribution in [2.75, 3.05) is 14.1 Å². The van der Waals surface area contributed by atoms with Crippen LogP contribution >= 0.6 is 0 Å². The molecule has 0 unspecified atom stereocenters. The van der Waals surface area contributed by atoms with Crippen LogP contribution in [0.15, 0.2) is 24.4 Å². The summed E-state index contributed by atoms with van der Waals surface area (Å²) in [6.45, 7) is 0.712. The highest BCUT2D eigenvalue weighted by atomic mass is 19.2. The molecule has 0 aliphatic heterocycles. The van der Waals surface area contributed by atoms with Crippen molar-refractivity contribution in [3.63, 3.8) is 0 Å². The molecule has 1 aromatic heterocycles. The molecule has 2 nitrogen and oxygen atoms in total. The number of halogens is 2. The lowest BCUT2D eigenvalue weighted by molar-refractivity contribution is 0.243. The number of aromatic nitrogens is 1. The molecular formula is C14H16F2N2. The number of rotatable bonds is 3. The number of hydrogen-bond donors (Lipinski definition) is 0. The summed E-state index contributed by atoms with van der Waals surface area (Å²) >= 11 is 0. The van der Waals surface area contributed by atoms with Crippen molar-refractivity contribution in [2.24, 2.45) is 0 Å². The lowest BCUT2D eigenvalue weighted by Gasteiger charge is -2.24. The van der Waals surface area contributed by atoms with E-state index in [-0.39, 0.29) is 5.54 Å². The van der Waals surface area contributed by atoms with E-state index in [0.717, 1.165) is 18.2 Å². The maximum atomic E-state index is 13.9. The number of fused-ring (bicyclic) bond motifs is 1. The second-order valence-corrected chi connectivity index (χ2v) is 5.36. The standard InChI is InChI=1S/C14H16F2N2/c1-17(2)14(6-7-14)9-18-8-5-10-3-4-11(15)12(16)13(10)18/h3-5,8H,6-7,9H2,1-2H3. The van der Waals surface area contributed by atoms with Gasteiger partial charge in [-0.05, 0) is 45.1 Å². The zero-order chi connectivity index (χ0) is 12.9. The van der Waals surface area contributed by atoms with E-state index in [1.807, 2.05) is 30.9 Å². The Labute approximate surface area is 105 Å². The van der Waals surface area contributed by atoms with E-state index in [1.165, 1.54) is 6.07 Å². The first-order valence-corrected chi connectivity index (χ1v) is 6.14. The second-order valence-electron chi connectivity index (χ2n) is 5.36. The van der Waals surface area contributed by atoms with Gasteiger partial charge in [-0.1, -0.05) is 0 Å². The lowest BCUT2D eigenvalue weighted by Crippen LogP contribution is -2.34. The molecule has 4 heteroatoms. The molecule has 1 aliphatic rings. The van der Waals surface area contributed by atoms with Gasteiger partial charge >= 0.3 is 0 Å². The van der Waals surface area contributed by atoms with Gasteiger partial charge in [0.05, 0.1) is 5.52 Å². The van der Waals surface area contributed by atoms with Gasteiger partial charge in [-0.2, -0.15) is 0 Å². The van der Waals surface area contributed by atoms with Crippen LogP contribution in [0.25, 0.3) is 10.9 Å².